The van der Waals surface area contributed by atoms with Crippen molar-refractivity contribution in [2.24, 2.45) is 27.9 Å². The van der Waals surface area contributed by atoms with Crippen LogP contribution >= 0.6 is 0 Å². The Labute approximate surface area is 132 Å². The number of guanidine groups is 1. The Hall–Kier alpha value is -2.66. The van der Waals surface area contributed by atoms with Crippen LogP contribution in [0.5, 0.6) is 0 Å². The molecule has 0 saturated carbocycles. The van der Waals surface area contributed by atoms with Gasteiger partial charge in [0.1, 0.15) is 12.1 Å². The first-order valence-corrected chi connectivity index (χ1v) is 6.73. The standard InChI is InChI=1S/C6H14N4O2.C6H9N3O2/c7-4(5(11)12)2-1-3-10-6(8)9;7-5(6(10)11)1-4-2-8-3-9-4/h4H,1-3,7H2,(H,11,12)(H4,8,9,10);2-3,5H,1,7H2,(H,8,9)(H,10,11)/t4-;5-/m11/s1. The molecule has 1 heterocycles. The number of nitrogens with two attached hydrogens (primary N) is 4. The van der Waals surface area contributed by atoms with E-state index in [1.54, 1.807) is 6.20 Å². The maximum absolute atomic E-state index is 10.3. The molecule has 11 nitrogen and oxygen atoms in total. The lowest BCUT2D eigenvalue weighted by atomic mass is 10.2. The molecular weight excluding hydrogens is 306 g/mol. The van der Waals surface area contributed by atoms with E-state index in [0.717, 1.165) is 5.69 Å². The summed E-state index contributed by atoms with van der Waals surface area (Å²) in [5, 5.41) is 16.8. The van der Waals surface area contributed by atoms with Crippen LogP contribution < -0.4 is 22.9 Å². The first kappa shape index (κ1) is 20.3. The van der Waals surface area contributed by atoms with Crippen molar-refractivity contribution in [1.82, 2.24) is 9.97 Å². The molecule has 1 aromatic heterocycles. The number of carbonyl (C=O) groups is 2. The highest BCUT2D eigenvalue weighted by atomic mass is 16.4. The van der Waals surface area contributed by atoms with Crippen molar-refractivity contribution in [3.63, 3.8) is 0 Å². The Kier molecular flexibility index (Phi) is 9.71. The van der Waals surface area contributed by atoms with Crippen LogP contribution in [0.15, 0.2) is 17.5 Å². The minimum absolute atomic E-state index is 0.0129. The largest absolute Gasteiger partial charge is 0.480 e. The molecule has 2 atom stereocenters. The van der Waals surface area contributed by atoms with Gasteiger partial charge in [-0.2, -0.15) is 0 Å². The second-order valence-corrected chi connectivity index (χ2v) is 4.62. The second kappa shape index (κ2) is 11.0. The van der Waals surface area contributed by atoms with E-state index in [0.29, 0.717) is 19.4 Å². The van der Waals surface area contributed by atoms with Gasteiger partial charge in [-0.3, -0.25) is 14.6 Å². The van der Waals surface area contributed by atoms with E-state index >= 15 is 0 Å². The smallest absolute Gasteiger partial charge is 0.320 e. The van der Waals surface area contributed by atoms with E-state index in [1.165, 1.54) is 6.33 Å². The molecule has 0 aliphatic carbocycles. The molecule has 11 heteroatoms. The quantitative estimate of drug-likeness (QED) is 0.156. The second-order valence-electron chi connectivity index (χ2n) is 4.62. The Balaban J connectivity index is 0.000000422. The van der Waals surface area contributed by atoms with Crippen molar-refractivity contribution in [1.29, 1.82) is 0 Å². The van der Waals surface area contributed by atoms with Crippen molar-refractivity contribution in [3.8, 4) is 0 Å². The number of nitrogens with one attached hydrogen (secondary N) is 1. The van der Waals surface area contributed by atoms with Gasteiger partial charge in [-0.05, 0) is 12.8 Å². The molecule has 1 rings (SSSR count). The number of aromatic amines is 1. The summed E-state index contributed by atoms with van der Waals surface area (Å²) in [7, 11) is 0. The molecule has 0 aliphatic rings. The zero-order valence-corrected chi connectivity index (χ0v) is 12.6. The Morgan fingerprint density at radius 2 is 1.83 bits per heavy atom. The van der Waals surface area contributed by atoms with Gasteiger partial charge in [0.2, 0.25) is 0 Å². The van der Waals surface area contributed by atoms with Crippen molar-refractivity contribution < 1.29 is 19.8 Å². The van der Waals surface area contributed by atoms with E-state index in [2.05, 4.69) is 15.0 Å². The van der Waals surface area contributed by atoms with Crippen LogP contribution in [0.2, 0.25) is 0 Å². The van der Waals surface area contributed by atoms with E-state index in [1.807, 2.05) is 0 Å². The molecular formula is C12H23N7O4. The number of rotatable bonds is 8. The van der Waals surface area contributed by atoms with Crippen LogP contribution in [0.25, 0.3) is 0 Å². The van der Waals surface area contributed by atoms with Gasteiger partial charge in [0.25, 0.3) is 0 Å². The summed E-state index contributed by atoms with van der Waals surface area (Å²) in [4.78, 5) is 30.7. The molecule has 0 unspecified atom stereocenters. The molecule has 0 aliphatic heterocycles. The Morgan fingerprint density at radius 1 is 1.22 bits per heavy atom. The minimum atomic E-state index is -1.00. The monoisotopic (exact) mass is 329 g/mol. The number of aliphatic carboxylic acids is 2. The highest BCUT2D eigenvalue weighted by Crippen LogP contribution is 1.95. The molecule has 0 amide bonds. The van der Waals surface area contributed by atoms with E-state index in [9.17, 15) is 9.59 Å². The number of aliphatic imine (C=N–C) groups is 1. The van der Waals surface area contributed by atoms with Crippen LogP contribution in [0.3, 0.4) is 0 Å². The maximum Gasteiger partial charge on any atom is 0.320 e. The van der Waals surface area contributed by atoms with Gasteiger partial charge in [0.05, 0.1) is 6.33 Å². The highest BCUT2D eigenvalue weighted by Gasteiger charge is 2.12. The average Bonchev–Trinajstić information content (AvgIpc) is 2.96. The van der Waals surface area contributed by atoms with Crippen molar-refractivity contribution in [2.45, 2.75) is 31.3 Å². The van der Waals surface area contributed by atoms with E-state index in [4.69, 9.17) is 33.1 Å². The first-order chi connectivity index (χ1) is 10.7. The first-order valence-electron chi connectivity index (χ1n) is 6.73. The summed E-state index contributed by atoms with van der Waals surface area (Å²) in [6, 6.07) is -1.67. The number of carboxylic acid groups (broad SMARTS) is 2. The SMILES string of the molecule is NC(N)=NCCC[C@@H](N)C(=O)O.N[C@H](Cc1cnc[nH]1)C(=O)O. The summed E-state index contributed by atoms with van der Waals surface area (Å²) in [6.45, 7) is 0.420. The Bertz CT molecular complexity index is 500. The lowest BCUT2D eigenvalue weighted by Gasteiger charge is -2.03. The third-order valence-electron chi connectivity index (χ3n) is 2.60. The predicted molar refractivity (Wildman–Crippen MR) is 83.4 cm³/mol. The van der Waals surface area contributed by atoms with Crippen LogP contribution in [0.1, 0.15) is 18.5 Å². The van der Waals surface area contributed by atoms with Gasteiger partial charge in [0, 0.05) is 24.9 Å². The maximum atomic E-state index is 10.3. The zero-order chi connectivity index (χ0) is 17.8. The van der Waals surface area contributed by atoms with Gasteiger partial charge in [0.15, 0.2) is 5.96 Å². The molecule has 0 spiro atoms. The average molecular weight is 329 g/mol. The van der Waals surface area contributed by atoms with Crippen LogP contribution in [-0.2, 0) is 16.0 Å². The fourth-order valence-corrected chi connectivity index (χ4v) is 1.36. The molecule has 11 N–H and O–H groups in total. The number of carboxylic acids is 2. The third kappa shape index (κ3) is 10.7. The number of aromatic nitrogens is 2. The molecule has 0 radical (unpaired) electrons. The molecule has 0 aromatic carbocycles. The topological polar surface area (TPSA) is 220 Å². The Morgan fingerprint density at radius 3 is 2.26 bits per heavy atom. The molecule has 0 bridgehead atoms. The summed E-state index contributed by atoms with van der Waals surface area (Å²) < 4.78 is 0. The summed E-state index contributed by atoms with van der Waals surface area (Å²) in [5.41, 5.74) is 21.3. The van der Waals surface area contributed by atoms with E-state index in [-0.39, 0.29) is 12.4 Å². The minimum Gasteiger partial charge on any atom is -0.480 e. The fraction of sp³-hybridized carbons (Fsp3) is 0.500. The van der Waals surface area contributed by atoms with Crippen molar-refractivity contribution in [2.75, 3.05) is 6.54 Å². The lowest BCUT2D eigenvalue weighted by molar-refractivity contribution is -0.139. The number of hydrogen-bond donors (Lipinski definition) is 7. The number of imidazole rings is 1. The number of hydrogen-bond acceptors (Lipinski definition) is 6. The van der Waals surface area contributed by atoms with Gasteiger partial charge in [-0.25, -0.2) is 4.98 Å². The molecule has 0 fully saturated rings. The number of H-pyrrole nitrogens is 1. The predicted octanol–water partition coefficient (Wildman–Crippen LogP) is -2.18. The van der Waals surface area contributed by atoms with Gasteiger partial charge in [-0.1, -0.05) is 0 Å². The molecule has 130 valence electrons. The van der Waals surface area contributed by atoms with Gasteiger partial charge >= 0.3 is 11.9 Å². The zero-order valence-electron chi connectivity index (χ0n) is 12.6. The normalized spacial score (nSPS) is 12.4. The summed E-state index contributed by atoms with van der Waals surface area (Å²) >= 11 is 0. The van der Waals surface area contributed by atoms with Gasteiger partial charge < -0.3 is 38.1 Å². The van der Waals surface area contributed by atoms with Crippen LogP contribution in [0, 0.1) is 0 Å². The highest BCUT2D eigenvalue weighted by molar-refractivity contribution is 5.75. The van der Waals surface area contributed by atoms with Crippen LogP contribution in [-0.4, -0.2) is 56.7 Å². The fourth-order valence-electron chi connectivity index (χ4n) is 1.36. The molecule has 1 aromatic rings. The summed E-state index contributed by atoms with van der Waals surface area (Å²) in [5.74, 6) is -1.99. The molecule has 23 heavy (non-hydrogen) atoms. The lowest BCUT2D eigenvalue weighted by Crippen LogP contribution is -2.32. The van der Waals surface area contributed by atoms with Crippen molar-refractivity contribution in [3.05, 3.63) is 18.2 Å². The van der Waals surface area contributed by atoms with E-state index < -0.39 is 24.0 Å². The van der Waals surface area contributed by atoms with Gasteiger partial charge in [-0.15, -0.1) is 0 Å². The van der Waals surface area contributed by atoms with Crippen LogP contribution in [0.4, 0.5) is 0 Å². The summed E-state index contributed by atoms with van der Waals surface area (Å²) in [6.07, 6.45) is 4.29. The third-order valence-corrected chi connectivity index (χ3v) is 2.60. The number of nitrogens with zero attached hydrogens (tertiary/aromatic N) is 2. The molecule has 0 saturated heterocycles. The van der Waals surface area contributed by atoms with Crippen molar-refractivity contribution >= 4 is 17.9 Å².